The van der Waals surface area contributed by atoms with Gasteiger partial charge in [-0.05, 0) is 55.3 Å². The summed E-state index contributed by atoms with van der Waals surface area (Å²) in [4.78, 5) is 26.1. The lowest BCUT2D eigenvalue weighted by Crippen LogP contribution is -2.23. The lowest BCUT2D eigenvalue weighted by molar-refractivity contribution is -0.117. The summed E-state index contributed by atoms with van der Waals surface area (Å²) < 4.78 is 10.8. The maximum absolute atomic E-state index is 12.4. The van der Waals surface area contributed by atoms with Crippen molar-refractivity contribution in [3.8, 4) is 11.5 Å². The summed E-state index contributed by atoms with van der Waals surface area (Å²) in [5, 5.41) is 3.52. The maximum Gasteiger partial charge on any atom is 0.248 e. The molecule has 0 atom stereocenters. The Morgan fingerprint density at radius 3 is 2.70 bits per heavy atom. The molecule has 0 saturated carbocycles. The molecule has 0 bridgehead atoms. The van der Waals surface area contributed by atoms with Crippen LogP contribution in [0.1, 0.15) is 25.3 Å². The third-order valence-corrected chi connectivity index (χ3v) is 5.17. The van der Waals surface area contributed by atoms with Crippen molar-refractivity contribution in [1.29, 1.82) is 0 Å². The zero-order valence-electron chi connectivity index (χ0n) is 16.7. The van der Waals surface area contributed by atoms with Gasteiger partial charge in [0, 0.05) is 24.7 Å². The van der Waals surface area contributed by atoms with E-state index in [0.717, 1.165) is 6.42 Å². The second kappa shape index (κ2) is 9.87. The topological polar surface area (TPSA) is 67.9 Å². The van der Waals surface area contributed by atoms with Crippen molar-refractivity contribution in [1.82, 2.24) is 0 Å². The average molecular weight is 449 g/mol. The minimum atomic E-state index is -0.369. The Balaban J connectivity index is 1.76. The molecule has 6 nitrogen and oxygen atoms in total. The van der Waals surface area contributed by atoms with Gasteiger partial charge >= 0.3 is 0 Å². The number of benzene rings is 2. The van der Waals surface area contributed by atoms with Crippen molar-refractivity contribution in [2.45, 2.75) is 19.8 Å². The monoisotopic (exact) mass is 448 g/mol. The average Bonchev–Trinajstić information content (AvgIpc) is 3.14. The molecule has 8 heteroatoms. The molecular formula is C22H22Cl2N2O4. The molecule has 158 valence electrons. The summed E-state index contributed by atoms with van der Waals surface area (Å²) in [5.74, 6) is 0.640. The first kappa shape index (κ1) is 22.0. The van der Waals surface area contributed by atoms with E-state index in [1.54, 1.807) is 41.3 Å². The second-order valence-electron chi connectivity index (χ2n) is 6.60. The van der Waals surface area contributed by atoms with Crippen LogP contribution in [-0.4, -0.2) is 32.1 Å². The molecule has 0 aliphatic carbocycles. The molecule has 0 spiro atoms. The highest BCUT2D eigenvalue weighted by atomic mass is 35.5. The fraction of sp³-hybridized carbons (Fsp3) is 0.273. The lowest BCUT2D eigenvalue weighted by Gasteiger charge is -2.17. The zero-order chi connectivity index (χ0) is 21.7. The van der Waals surface area contributed by atoms with Gasteiger partial charge in [0.05, 0.1) is 29.4 Å². The molecule has 2 aromatic carbocycles. The van der Waals surface area contributed by atoms with Crippen LogP contribution in [0.3, 0.4) is 0 Å². The van der Waals surface area contributed by atoms with Gasteiger partial charge in [-0.25, -0.2) is 0 Å². The van der Waals surface area contributed by atoms with E-state index in [1.807, 2.05) is 6.92 Å². The lowest BCUT2D eigenvalue weighted by atomic mass is 10.2. The van der Waals surface area contributed by atoms with Gasteiger partial charge in [0.25, 0.3) is 0 Å². The number of anilines is 2. The van der Waals surface area contributed by atoms with E-state index < -0.39 is 0 Å². The smallest absolute Gasteiger partial charge is 0.248 e. The van der Waals surface area contributed by atoms with E-state index in [-0.39, 0.29) is 11.8 Å². The molecule has 1 aliphatic rings. The van der Waals surface area contributed by atoms with Crippen LogP contribution in [0.4, 0.5) is 11.4 Å². The van der Waals surface area contributed by atoms with Crippen LogP contribution < -0.4 is 19.7 Å². The molecule has 1 N–H and O–H groups in total. The SMILES string of the molecule is CCOc1cc(/C=C/C(=O)Nc2cc(N3CCCC3=O)ccc2Cl)cc(Cl)c1OC. The van der Waals surface area contributed by atoms with Crippen LogP contribution in [0, 0.1) is 0 Å². The highest BCUT2D eigenvalue weighted by Crippen LogP contribution is 2.36. The first-order valence-electron chi connectivity index (χ1n) is 9.52. The van der Waals surface area contributed by atoms with Gasteiger partial charge in [0.15, 0.2) is 11.5 Å². The van der Waals surface area contributed by atoms with E-state index in [1.165, 1.54) is 13.2 Å². The third-order valence-electron chi connectivity index (χ3n) is 4.56. The molecule has 30 heavy (non-hydrogen) atoms. The summed E-state index contributed by atoms with van der Waals surface area (Å²) in [6.45, 7) is 2.97. The highest BCUT2D eigenvalue weighted by molar-refractivity contribution is 6.34. The van der Waals surface area contributed by atoms with Crippen molar-refractivity contribution in [3.05, 3.63) is 52.0 Å². The summed E-state index contributed by atoms with van der Waals surface area (Å²) in [5.41, 5.74) is 1.83. The normalized spacial score (nSPS) is 13.7. The van der Waals surface area contributed by atoms with Gasteiger partial charge in [-0.2, -0.15) is 0 Å². The summed E-state index contributed by atoms with van der Waals surface area (Å²) in [7, 11) is 1.51. The van der Waals surface area contributed by atoms with E-state index in [2.05, 4.69) is 5.32 Å². The van der Waals surface area contributed by atoms with Crippen molar-refractivity contribution in [2.75, 3.05) is 30.5 Å². The molecule has 1 saturated heterocycles. The van der Waals surface area contributed by atoms with Gasteiger partial charge in [-0.3, -0.25) is 9.59 Å². The van der Waals surface area contributed by atoms with Crippen molar-refractivity contribution in [2.24, 2.45) is 0 Å². The minimum absolute atomic E-state index is 0.0657. The quantitative estimate of drug-likeness (QED) is 0.592. The zero-order valence-corrected chi connectivity index (χ0v) is 18.2. The minimum Gasteiger partial charge on any atom is -0.491 e. The number of methoxy groups -OCH3 is 1. The number of halogens is 2. The Bertz CT molecular complexity index is 991. The number of amides is 2. The molecule has 3 rings (SSSR count). The molecule has 2 aromatic rings. The number of carbonyl (C=O) groups excluding carboxylic acids is 2. The Morgan fingerprint density at radius 2 is 2.03 bits per heavy atom. The van der Waals surface area contributed by atoms with Crippen molar-refractivity contribution in [3.63, 3.8) is 0 Å². The summed E-state index contributed by atoms with van der Waals surface area (Å²) in [6.07, 6.45) is 4.34. The van der Waals surface area contributed by atoms with Crippen LogP contribution >= 0.6 is 23.2 Å². The number of hydrogen-bond acceptors (Lipinski definition) is 4. The fourth-order valence-corrected chi connectivity index (χ4v) is 3.65. The predicted molar refractivity (Wildman–Crippen MR) is 120 cm³/mol. The molecule has 1 heterocycles. The Kier molecular flexibility index (Phi) is 7.24. The van der Waals surface area contributed by atoms with Gasteiger partial charge in [-0.15, -0.1) is 0 Å². The molecule has 0 unspecified atom stereocenters. The molecule has 2 amide bonds. The number of carbonyl (C=O) groups is 2. The van der Waals surface area contributed by atoms with E-state index in [9.17, 15) is 9.59 Å². The predicted octanol–water partition coefficient (Wildman–Crippen LogP) is 5.18. The van der Waals surface area contributed by atoms with Crippen LogP contribution in [-0.2, 0) is 9.59 Å². The summed E-state index contributed by atoms with van der Waals surface area (Å²) in [6, 6.07) is 8.56. The molecule has 0 radical (unpaired) electrons. The third kappa shape index (κ3) is 5.07. The number of rotatable bonds is 7. The molecule has 0 aromatic heterocycles. The van der Waals surface area contributed by atoms with Crippen LogP contribution in [0.15, 0.2) is 36.4 Å². The molecule has 1 fully saturated rings. The number of hydrogen-bond donors (Lipinski definition) is 1. The Labute approximate surface area is 185 Å². The highest BCUT2D eigenvalue weighted by Gasteiger charge is 2.22. The number of nitrogens with zero attached hydrogens (tertiary/aromatic N) is 1. The molecular weight excluding hydrogens is 427 g/mol. The number of nitrogens with one attached hydrogen (secondary N) is 1. The first-order chi connectivity index (χ1) is 14.4. The fourth-order valence-electron chi connectivity index (χ4n) is 3.19. The summed E-state index contributed by atoms with van der Waals surface area (Å²) >= 11 is 12.5. The second-order valence-corrected chi connectivity index (χ2v) is 7.42. The maximum atomic E-state index is 12.4. The van der Waals surface area contributed by atoms with Crippen LogP contribution in [0.25, 0.3) is 6.08 Å². The van der Waals surface area contributed by atoms with E-state index >= 15 is 0 Å². The van der Waals surface area contributed by atoms with Gasteiger partial charge in [0.1, 0.15) is 0 Å². The van der Waals surface area contributed by atoms with Gasteiger partial charge in [0.2, 0.25) is 11.8 Å². The van der Waals surface area contributed by atoms with Crippen LogP contribution in [0.5, 0.6) is 11.5 Å². The molecule has 1 aliphatic heterocycles. The van der Waals surface area contributed by atoms with E-state index in [0.29, 0.717) is 58.1 Å². The standard InChI is InChI=1S/C22H22Cl2N2O4/c1-3-30-19-12-14(11-17(24)22(19)29-2)6-9-20(27)25-18-13-15(7-8-16(18)23)26-10-4-5-21(26)28/h6-9,11-13H,3-5,10H2,1-2H3,(H,25,27)/b9-6+. The largest absolute Gasteiger partial charge is 0.491 e. The van der Waals surface area contributed by atoms with Crippen LogP contribution in [0.2, 0.25) is 10.0 Å². The van der Waals surface area contributed by atoms with Gasteiger partial charge in [-0.1, -0.05) is 23.2 Å². The Morgan fingerprint density at radius 1 is 1.23 bits per heavy atom. The van der Waals surface area contributed by atoms with Gasteiger partial charge < -0.3 is 19.7 Å². The van der Waals surface area contributed by atoms with E-state index in [4.69, 9.17) is 32.7 Å². The van der Waals surface area contributed by atoms with Crippen molar-refractivity contribution < 1.29 is 19.1 Å². The first-order valence-corrected chi connectivity index (χ1v) is 10.3. The Hall–Kier alpha value is -2.70. The van der Waals surface area contributed by atoms with Crippen molar-refractivity contribution >= 4 is 52.5 Å². The number of ether oxygens (including phenoxy) is 2.